The average Bonchev–Trinajstić information content (AvgIpc) is 2.57. The van der Waals surface area contributed by atoms with Crippen molar-refractivity contribution in [2.45, 2.75) is 45.4 Å². The highest BCUT2D eigenvalue weighted by molar-refractivity contribution is 5.77. The summed E-state index contributed by atoms with van der Waals surface area (Å²) >= 11 is 0. The zero-order valence-electron chi connectivity index (χ0n) is 13.6. The van der Waals surface area contributed by atoms with Crippen molar-refractivity contribution >= 4 is 5.91 Å². The van der Waals surface area contributed by atoms with Gasteiger partial charge in [-0.15, -0.1) is 0 Å². The first kappa shape index (κ1) is 16.8. The van der Waals surface area contributed by atoms with Gasteiger partial charge in [-0.3, -0.25) is 4.79 Å². The highest BCUT2D eigenvalue weighted by atomic mass is 16.5. The van der Waals surface area contributed by atoms with Crippen LogP contribution in [0.2, 0.25) is 0 Å². The lowest BCUT2D eigenvalue weighted by atomic mass is 9.83. The number of hydrogen-bond donors (Lipinski definition) is 2. The first-order chi connectivity index (χ1) is 10.6. The van der Waals surface area contributed by atoms with Gasteiger partial charge in [-0.1, -0.05) is 32.0 Å². The molecule has 0 saturated carbocycles. The van der Waals surface area contributed by atoms with E-state index in [0.29, 0.717) is 19.6 Å². The smallest absolute Gasteiger partial charge is 0.220 e. The highest BCUT2D eigenvalue weighted by Gasteiger charge is 2.27. The second-order valence-electron chi connectivity index (χ2n) is 6.22. The summed E-state index contributed by atoms with van der Waals surface area (Å²) in [5.74, 6) is 1.18. The molecule has 4 nitrogen and oxygen atoms in total. The number of carbonyl (C=O) groups is 1. The van der Waals surface area contributed by atoms with Crippen LogP contribution in [0.4, 0.5) is 0 Å². The molecule has 0 fully saturated rings. The molecule has 4 heteroatoms. The fraction of sp³-hybridized carbons (Fsp3) is 0.611. The molecule has 0 spiro atoms. The van der Waals surface area contributed by atoms with E-state index in [1.807, 2.05) is 24.3 Å². The number of nitrogens with one attached hydrogen (secondary N) is 1. The van der Waals surface area contributed by atoms with Crippen molar-refractivity contribution in [3.8, 4) is 5.75 Å². The van der Waals surface area contributed by atoms with Crippen LogP contribution in [0.3, 0.4) is 0 Å². The molecular weight excluding hydrogens is 278 g/mol. The Morgan fingerprint density at radius 3 is 2.77 bits per heavy atom. The van der Waals surface area contributed by atoms with E-state index in [2.05, 4.69) is 19.2 Å². The van der Waals surface area contributed by atoms with Crippen molar-refractivity contribution in [1.82, 2.24) is 5.32 Å². The van der Waals surface area contributed by atoms with Crippen molar-refractivity contribution in [1.29, 1.82) is 0 Å². The molecule has 0 saturated heterocycles. The van der Waals surface area contributed by atoms with Crippen molar-refractivity contribution in [2.24, 2.45) is 5.41 Å². The number of para-hydroxylation sites is 1. The van der Waals surface area contributed by atoms with Gasteiger partial charge in [0.05, 0.1) is 13.2 Å². The Hall–Kier alpha value is -1.55. The fourth-order valence-electron chi connectivity index (χ4n) is 2.99. The summed E-state index contributed by atoms with van der Waals surface area (Å²) in [7, 11) is 0. The van der Waals surface area contributed by atoms with E-state index in [0.717, 1.165) is 30.6 Å². The SMILES string of the molecule is CCC(CC)(CO)CNC(=O)CC1CCOc2ccccc21. The standard InChI is InChI=1S/C18H27NO3/c1-3-18(4-2,13-20)12-19-17(21)11-14-9-10-22-16-8-6-5-7-15(14)16/h5-8,14,20H,3-4,9-13H2,1-2H3,(H,19,21). The average molecular weight is 305 g/mol. The van der Waals surface area contributed by atoms with Gasteiger partial charge >= 0.3 is 0 Å². The zero-order chi connectivity index (χ0) is 16.0. The maximum absolute atomic E-state index is 12.3. The Bertz CT molecular complexity index is 489. The van der Waals surface area contributed by atoms with E-state index < -0.39 is 0 Å². The van der Waals surface area contributed by atoms with Crippen molar-refractivity contribution in [3.05, 3.63) is 29.8 Å². The van der Waals surface area contributed by atoms with Gasteiger partial charge in [0, 0.05) is 18.4 Å². The molecule has 22 heavy (non-hydrogen) atoms. The number of hydrogen-bond acceptors (Lipinski definition) is 3. The maximum atomic E-state index is 12.3. The highest BCUT2D eigenvalue weighted by Crippen LogP contribution is 2.35. The second-order valence-corrected chi connectivity index (χ2v) is 6.22. The molecule has 1 aromatic rings. The summed E-state index contributed by atoms with van der Waals surface area (Å²) in [4.78, 5) is 12.3. The number of fused-ring (bicyclic) bond motifs is 1. The zero-order valence-corrected chi connectivity index (χ0v) is 13.6. The summed E-state index contributed by atoms with van der Waals surface area (Å²) in [6, 6.07) is 7.95. The minimum absolute atomic E-state index is 0.0569. The van der Waals surface area contributed by atoms with Crippen molar-refractivity contribution in [2.75, 3.05) is 19.8 Å². The lowest BCUT2D eigenvalue weighted by Gasteiger charge is -2.30. The lowest BCUT2D eigenvalue weighted by molar-refractivity contribution is -0.122. The molecule has 122 valence electrons. The van der Waals surface area contributed by atoms with Crippen LogP contribution in [-0.4, -0.2) is 30.8 Å². The van der Waals surface area contributed by atoms with Crippen LogP contribution in [0, 0.1) is 5.41 Å². The van der Waals surface area contributed by atoms with Gasteiger partial charge in [0.1, 0.15) is 5.75 Å². The van der Waals surface area contributed by atoms with Crippen LogP contribution in [-0.2, 0) is 4.79 Å². The second kappa shape index (κ2) is 7.63. The van der Waals surface area contributed by atoms with Crippen molar-refractivity contribution in [3.63, 3.8) is 0 Å². The monoisotopic (exact) mass is 305 g/mol. The van der Waals surface area contributed by atoms with E-state index in [-0.39, 0.29) is 23.8 Å². The van der Waals surface area contributed by atoms with E-state index >= 15 is 0 Å². The quantitative estimate of drug-likeness (QED) is 0.814. The largest absolute Gasteiger partial charge is 0.493 e. The van der Waals surface area contributed by atoms with Crippen LogP contribution in [0.5, 0.6) is 5.75 Å². The molecule has 1 aromatic carbocycles. The molecule has 0 aliphatic carbocycles. The molecular formula is C18H27NO3. The normalized spacial score (nSPS) is 17.5. The number of aliphatic hydroxyl groups excluding tert-OH is 1. The Morgan fingerprint density at radius 2 is 2.09 bits per heavy atom. The summed E-state index contributed by atoms with van der Waals surface area (Å²) in [6.07, 6.45) is 3.08. The molecule has 1 aliphatic rings. The summed E-state index contributed by atoms with van der Waals surface area (Å²) in [5, 5.41) is 12.6. The number of aliphatic hydroxyl groups is 1. The minimum Gasteiger partial charge on any atom is -0.493 e. The first-order valence-corrected chi connectivity index (χ1v) is 8.23. The molecule has 0 aromatic heterocycles. The summed E-state index contributed by atoms with van der Waals surface area (Å²) in [6.45, 7) is 5.43. The summed E-state index contributed by atoms with van der Waals surface area (Å²) < 4.78 is 5.64. The third kappa shape index (κ3) is 3.80. The van der Waals surface area contributed by atoms with Gasteiger partial charge in [-0.2, -0.15) is 0 Å². The van der Waals surface area contributed by atoms with Crippen molar-refractivity contribution < 1.29 is 14.6 Å². The fourth-order valence-corrected chi connectivity index (χ4v) is 2.99. The number of rotatable bonds is 7. The van der Waals surface area contributed by atoms with Crippen LogP contribution in [0.1, 0.15) is 51.0 Å². The van der Waals surface area contributed by atoms with Crippen LogP contribution in [0.15, 0.2) is 24.3 Å². The maximum Gasteiger partial charge on any atom is 0.220 e. The molecule has 1 aliphatic heterocycles. The number of carbonyl (C=O) groups excluding carboxylic acids is 1. The van der Waals surface area contributed by atoms with E-state index in [1.54, 1.807) is 0 Å². The molecule has 2 N–H and O–H groups in total. The van der Waals surface area contributed by atoms with E-state index in [1.165, 1.54) is 0 Å². The molecule has 2 rings (SSSR count). The molecule has 0 bridgehead atoms. The van der Waals surface area contributed by atoms with Crippen LogP contribution < -0.4 is 10.1 Å². The third-order valence-electron chi connectivity index (χ3n) is 5.01. The van der Waals surface area contributed by atoms with Crippen LogP contribution in [0.25, 0.3) is 0 Å². The Kier molecular flexibility index (Phi) is 5.83. The van der Waals surface area contributed by atoms with Gasteiger partial charge in [0.25, 0.3) is 0 Å². The molecule has 1 unspecified atom stereocenters. The van der Waals surface area contributed by atoms with Gasteiger partial charge in [-0.05, 0) is 36.8 Å². The predicted molar refractivity (Wildman–Crippen MR) is 87.0 cm³/mol. The third-order valence-corrected chi connectivity index (χ3v) is 5.01. The topological polar surface area (TPSA) is 58.6 Å². The lowest BCUT2D eigenvalue weighted by Crippen LogP contribution is -2.40. The number of benzene rings is 1. The summed E-state index contributed by atoms with van der Waals surface area (Å²) in [5.41, 5.74) is 0.937. The minimum atomic E-state index is -0.191. The predicted octanol–water partition coefficient (Wildman–Crippen LogP) is 2.86. The first-order valence-electron chi connectivity index (χ1n) is 8.23. The Balaban J connectivity index is 1.93. The Labute approximate surface area is 132 Å². The van der Waals surface area contributed by atoms with Crippen LogP contribution >= 0.6 is 0 Å². The molecule has 1 amide bonds. The molecule has 1 atom stereocenters. The molecule has 1 heterocycles. The van der Waals surface area contributed by atoms with Gasteiger partial charge in [0.15, 0.2) is 0 Å². The number of ether oxygens (including phenoxy) is 1. The van der Waals surface area contributed by atoms with E-state index in [4.69, 9.17) is 4.74 Å². The van der Waals surface area contributed by atoms with E-state index in [9.17, 15) is 9.90 Å². The Morgan fingerprint density at radius 1 is 1.36 bits per heavy atom. The molecule has 0 radical (unpaired) electrons. The van der Waals surface area contributed by atoms with Gasteiger partial charge in [0.2, 0.25) is 5.91 Å². The van der Waals surface area contributed by atoms with Gasteiger partial charge in [-0.25, -0.2) is 0 Å². The number of amides is 1. The van der Waals surface area contributed by atoms with Gasteiger partial charge < -0.3 is 15.2 Å².